The molecule has 0 aromatic heterocycles. The Morgan fingerprint density at radius 2 is 0.714 bits per heavy atom. The van der Waals surface area contributed by atoms with Gasteiger partial charge in [-0.1, -0.05) is 0 Å². The molecule has 0 aliphatic rings. The minimum absolute atomic E-state index is 1.53. The van der Waals surface area contributed by atoms with Gasteiger partial charge in [0, 0.05) is 0 Å². The molecule has 0 radical (unpaired) electrons. The first kappa shape index (κ1) is 22.1. The maximum absolute atomic E-state index is 3.23. The molecule has 0 saturated carbocycles. The summed E-state index contributed by atoms with van der Waals surface area (Å²) in [6, 6.07) is 34.3. The van der Waals surface area contributed by atoms with E-state index >= 15 is 0 Å². The van der Waals surface area contributed by atoms with Gasteiger partial charge in [-0.25, -0.2) is 0 Å². The molecule has 0 amide bonds. The molecule has 0 spiro atoms. The fourth-order valence-electron chi connectivity index (χ4n) is 4.94. The fourth-order valence-corrected chi connectivity index (χ4v) is 78.9. The van der Waals surface area contributed by atoms with Gasteiger partial charge < -0.3 is 0 Å². The van der Waals surface area contributed by atoms with Gasteiger partial charge in [0.2, 0.25) is 0 Å². The molecule has 3 aromatic rings. The molecule has 1 nitrogen and oxygen atoms in total. The Morgan fingerprint density at radius 1 is 0.464 bits per heavy atom. The Kier molecular flexibility index (Phi) is 6.84. The Labute approximate surface area is 181 Å². The summed E-state index contributed by atoms with van der Waals surface area (Å²) in [7, 11) is -2.30. The van der Waals surface area contributed by atoms with Gasteiger partial charge >= 0.3 is 183 Å². The third kappa shape index (κ3) is 4.30. The predicted octanol–water partition coefficient (Wildman–Crippen LogP) is 4.63. The second-order valence-corrected chi connectivity index (χ2v) is 46.6. The second kappa shape index (κ2) is 8.66. The molecule has 0 bridgehead atoms. The van der Waals surface area contributed by atoms with Crippen molar-refractivity contribution in [2.24, 2.45) is 0 Å². The zero-order valence-electron chi connectivity index (χ0n) is 18.1. The number of rotatable bonds is 6. The maximum atomic E-state index is 3.23. The average molecular weight is 601 g/mol. The van der Waals surface area contributed by atoms with Crippen LogP contribution in [0, 0.1) is 0 Å². The van der Waals surface area contributed by atoms with Crippen LogP contribution in [0.15, 0.2) is 91.0 Å². The molecule has 0 unspecified atom stereocenters. The molecule has 146 valence electrons. The van der Waals surface area contributed by atoms with Crippen molar-refractivity contribution in [2.75, 3.05) is 0 Å². The number of benzene rings is 3. The van der Waals surface area contributed by atoms with E-state index in [4.69, 9.17) is 0 Å². The summed E-state index contributed by atoms with van der Waals surface area (Å²) >= 11 is -4.98. The van der Waals surface area contributed by atoms with E-state index in [2.05, 4.69) is 122 Å². The average Bonchev–Trinajstić information content (AvgIpc) is 2.66. The van der Waals surface area contributed by atoms with Gasteiger partial charge in [-0.2, -0.15) is 0 Å². The van der Waals surface area contributed by atoms with Gasteiger partial charge in [-0.15, -0.1) is 0 Å². The molecule has 3 aromatic carbocycles. The van der Waals surface area contributed by atoms with Crippen LogP contribution in [0.3, 0.4) is 0 Å². The van der Waals surface area contributed by atoms with Crippen LogP contribution in [-0.2, 0) is 0 Å². The Balaban J connectivity index is 2.51. The summed E-state index contributed by atoms with van der Waals surface area (Å²) in [6.07, 6.45) is 0. The van der Waals surface area contributed by atoms with Crippen molar-refractivity contribution in [3.8, 4) is 0 Å². The Bertz CT molecular complexity index is 774. The van der Waals surface area contributed by atoms with Crippen LogP contribution in [0.5, 0.6) is 0 Å². The monoisotopic (exact) mass is 603 g/mol. The molecular formula is C24H33NSiSn2. The first-order valence-electron chi connectivity index (χ1n) is 10.2. The van der Waals surface area contributed by atoms with Crippen molar-refractivity contribution < 1.29 is 0 Å². The standard InChI is InChI=1S/C18H15NSi.6CH3.2Sn/c19-20(16-10-4-1-5-11-16,17-12-6-2-7-13-17)18-14-8-3-9-15-18;;;;;;;;/h1-15H;6*1H3;;. The topological polar surface area (TPSA) is 3.24 Å². The molecule has 0 heterocycles. The summed E-state index contributed by atoms with van der Waals surface area (Å²) in [6.45, 7) is 0. The predicted molar refractivity (Wildman–Crippen MR) is 133 cm³/mol. The summed E-state index contributed by atoms with van der Waals surface area (Å²) in [5.41, 5.74) is 0. The van der Waals surface area contributed by atoms with Crippen LogP contribution in [0.4, 0.5) is 0 Å². The zero-order chi connectivity index (χ0) is 20.4. The van der Waals surface area contributed by atoms with Crippen molar-refractivity contribution in [2.45, 2.75) is 29.6 Å². The van der Waals surface area contributed by atoms with Crippen molar-refractivity contribution in [3.63, 3.8) is 0 Å². The van der Waals surface area contributed by atoms with Crippen molar-refractivity contribution >= 4 is 61.1 Å². The third-order valence-corrected chi connectivity index (χ3v) is 57.5. The second-order valence-electron chi connectivity index (χ2n) is 9.49. The summed E-state index contributed by atoms with van der Waals surface area (Å²) in [5, 5.41) is 4.60. The van der Waals surface area contributed by atoms with Crippen LogP contribution in [-0.4, -0.2) is 46.5 Å². The summed E-state index contributed by atoms with van der Waals surface area (Å²) in [5.74, 6) is 0. The molecule has 28 heavy (non-hydrogen) atoms. The quantitative estimate of drug-likeness (QED) is 0.295. The van der Waals surface area contributed by atoms with Gasteiger partial charge in [0.1, 0.15) is 0 Å². The fraction of sp³-hybridized carbons (Fsp3) is 0.250. The summed E-state index contributed by atoms with van der Waals surface area (Å²) < 4.78 is 3.23. The minimum atomic E-state index is -2.49. The van der Waals surface area contributed by atoms with Gasteiger partial charge in [0.15, 0.2) is 0 Å². The van der Waals surface area contributed by atoms with Gasteiger partial charge in [-0.05, 0) is 0 Å². The van der Waals surface area contributed by atoms with Crippen LogP contribution in [0.1, 0.15) is 0 Å². The Hall–Kier alpha value is -0.566. The van der Waals surface area contributed by atoms with E-state index in [1.165, 1.54) is 15.6 Å². The van der Waals surface area contributed by atoms with Crippen molar-refractivity contribution in [1.82, 2.24) is 1.01 Å². The first-order valence-corrected chi connectivity index (χ1v) is 31.8. The van der Waals surface area contributed by atoms with E-state index in [0.717, 1.165) is 0 Å². The van der Waals surface area contributed by atoms with E-state index in [1.54, 1.807) is 0 Å². The SMILES string of the molecule is [CH3][Sn]([CH3])([CH3])[N]([Si](c1ccccc1)(c1ccccc1)c1ccccc1)[Sn]([CH3])([CH3])[CH3]. The zero-order valence-corrected chi connectivity index (χ0v) is 24.8. The third-order valence-electron chi connectivity index (χ3n) is 5.25. The Morgan fingerprint density at radius 3 is 0.929 bits per heavy atom. The van der Waals surface area contributed by atoms with E-state index in [1.807, 2.05) is 0 Å². The molecule has 0 N–H and O–H groups in total. The molecule has 4 heteroatoms. The van der Waals surface area contributed by atoms with E-state index in [0.29, 0.717) is 0 Å². The normalized spacial score (nSPS) is 13.0. The van der Waals surface area contributed by atoms with Crippen LogP contribution < -0.4 is 15.6 Å². The molecule has 0 aliphatic carbocycles. The van der Waals surface area contributed by atoms with Gasteiger partial charge in [-0.3, -0.25) is 0 Å². The number of hydrogen-bond donors (Lipinski definition) is 0. The van der Waals surface area contributed by atoms with Crippen molar-refractivity contribution in [1.29, 1.82) is 0 Å². The summed E-state index contributed by atoms with van der Waals surface area (Å²) in [4.78, 5) is 15.7. The molecule has 0 aliphatic heterocycles. The van der Waals surface area contributed by atoms with Crippen LogP contribution >= 0.6 is 0 Å². The van der Waals surface area contributed by atoms with Crippen LogP contribution in [0.2, 0.25) is 29.6 Å². The van der Waals surface area contributed by atoms with Crippen molar-refractivity contribution in [3.05, 3.63) is 91.0 Å². The van der Waals surface area contributed by atoms with E-state index in [9.17, 15) is 0 Å². The first-order chi connectivity index (χ1) is 13.2. The molecular weight excluding hydrogens is 568 g/mol. The number of hydrogen-bond acceptors (Lipinski definition) is 1. The molecule has 3 rings (SSSR count). The molecule has 0 fully saturated rings. The van der Waals surface area contributed by atoms with E-state index in [-0.39, 0.29) is 0 Å². The number of nitrogens with zero attached hydrogens (tertiary/aromatic N) is 1. The van der Waals surface area contributed by atoms with E-state index < -0.39 is 45.5 Å². The van der Waals surface area contributed by atoms with Crippen LogP contribution in [0.25, 0.3) is 0 Å². The molecule has 0 atom stereocenters. The van der Waals surface area contributed by atoms with Gasteiger partial charge in [0.25, 0.3) is 0 Å². The molecule has 0 saturated heterocycles. The van der Waals surface area contributed by atoms with Gasteiger partial charge in [0.05, 0.1) is 0 Å².